The molecule has 0 unspecified atom stereocenters. The van der Waals surface area contributed by atoms with E-state index in [4.69, 9.17) is 4.42 Å². The maximum Gasteiger partial charge on any atom is 0.333 e. The van der Waals surface area contributed by atoms with Gasteiger partial charge in [0.25, 0.3) is 5.91 Å². The predicted octanol–water partition coefficient (Wildman–Crippen LogP) is 2.85. The van der Waals surface area contributed by atoms with Gasteiger partial charge in [0.1, 0.15) is 11.6 Å². The zero-order valence-corrected chi connectivity index (χ0v) is 12.8. The summed E-state index contributed by atoms with van der Waals surface area (Å²) in [5.74, 6) is -3.08. The first kappa shape index (κ1) is 16.7. The lowest BCUT2D eigenvalue weighted by Crippen LogP contribution is -2.37. The van der Waals surface area contributed by atoms with Crippen LogP contribution in [0.15, 0.2) is 34.9 Å². The zero-order valence-electron chi connectivity index (χ0n) is 12.8. The minimum absolute atomic E-state index is 0.0122. The van der Waals surface area contributed by atoms with Crippen molar-refractivity contribution in [3.05, 3.63) is 59.1 Å². The number of halogens is 2. The van der Waals surface area contributed by atoms with Gasteiger partial charge in [-0.1, -0.05) is 0 Å². The third-order valence-corrected chi connectivity index (χ3v) is 3.44. The zero-order chi connectivity index (χ0) is 17.1. The molecule has 0 saturated carbocycles. The molecule has 0 N–H and O–H groups in total. The molecule has 2 rings (SSSR count). The molecule has 1 atom stereocenters. The summed E-state index contributed by atoms with van der Waals surface area (Å²) in [5.41, 5.74) is 0.266. The van der Waals surface area contributed by atoms with E-state index >= 15 is 0 Å². The molecule has 0 aliphatic carbocycles. The van der Waals surface area contributed by atoms with Crippen LogP contribution in [0.5, 0.6) is 0 Å². The van der Waals surface area contributed by atoms with Crippen molar-refractivity contribution < 1.29 is 27.5 Å². The third kappa shape index (κ3) is 3.23. The van der Waals surface area contributed by atoms with Crippen LogP contribution in [0, 0.1) is 18.6 Å². The molecule has 0 saturated heterocycles. The van der Waals surface area contributed by atoms with Gasteiger partial charge in [0.2, 0.25) is 0 Å². The number of carbonyl (C=O) groups is 2. The van der Waals surface area contributed by atoms with Crippen molar-refractivity contribution in [1.29, 1.82) is 0 Å². The Bertz CT molecular complexity index is 741. The summed E-state index contributed by atoms with van der Waals surface area (Å²) in [6.07, 6.45) is 1.33. The summed E-state index contributed by atoms with van der Waals surface area (Å²) in [5, 5.41) is 0. The molecule has 2 aromatic rings. The van der Waals surface area contributed by atoms with Crippen molar-refractivity contribution in [2.45, 2.75) is 13.0 Å². The lowest BCUT2D eigenvalue weighted by Gasteiger charge is -2.26. The molecule has 0 aliphatic rings. The number of benzene rings is 1. The molecule has 5 nitrogen and oxygen atoms in total. The van der Waals surface area contributed by atoms with Crippen molar-refractivity contribution >= 4 is 11.9 Å². The number of aryl methyl sites for hydroxylation is 1. The number of ether oxygens (including phenoxy) is 1. The predicted molar refractivity (Wildman–Crippen MR) is 76.7 cm³/mol. The van der Waals surface area contributed by atoms with Gasteiger partial charge < -0.3 is 14.1 Å². The van der Waals surface area contributed by atoms with E-state index in [1.54, 1.807) is 13.0 Å². The number of methoxy groups -OCH3 is 1. The van der Waals surface area contributed by atoms with Crippen LogP contribution in [-0.4, -0.2) is 30.9 Å². The van der Waals surface area contributed by atoms with Crippen LogP contribution in [0.1, 0.15) is 27.7 Å². The molecule has 1 aromatic carbocycles. The van der Waals surface area contributed by atoms with Gasteiger partial charge in [-0.25, -0.2) is 13.6 Å². The molecule has 0 aliphatic heterocycles. The van der Waals surface area contributed by atoms with E-state index in [1.165, 1.54) is 13.3 Å². The van der Waals surface area contributed by atoms with Crippen LogP contribution in [-0.2, 0) is 9.53 Å². The van der Waals surface area contributed by atoms with E-state index in [2.05, 4.69) is 4.74 Å². The first-order valence-corrected chi connectivity index (χ1v) is 6.70. The van der Waals surface area contributed by atoms with Crippen molar-refractivity contribution in [2.75, 3.05) is 14.2 Å². The second kappa shape index (κ2) is 6.60. The normalized spacial score (nSPS) is 11.9. The highest BCUT2D eigenvalue weighted by atomic mass is 19.1. The van der Waals surface area contributed by atoms with Gasteiger partial charge in [0, 0.05) is 18.2 Å². The van der Waals surface area contributed by atoms with Crippen LogP contribution in [0.25, 0.3) is 0 Å². The molecule has 0 fully saturated rings. The monoisotopic (exact) mass is 323 g/mol. The second-order valence-corrected chi connectivity index (χ2v) is 4.94. The van der Waals surface area contributed by atoms with Crippen molar-refractivity contribution in [3.63, 3.8) is 0 Å². The molecular weight excluding hydrogens is 308 g/mol. The Morgan fingerprint density at radius 2 is 1.96 bits per heavy atom. The van der Waals surface area contributed by atoms with Crippen LogP contribution in [0.2, 0.25) is 0 Å². The second-order valence-electron chi connectivity index (χ2n) is 4.94. The number of nitrogens with zero attached hydrogens (tertiary/aromatic N) is 1. The highest BCUT2D eigenvalue weighted by molar-refractivity contribution is 5.95. The molecule has 0 radical (unpaired) electrons. The standard InChI is InChI=1S/C16H15F2NO4/c1-9-6-7-23-14(9)15(20)19(2)13(16(21)22-3)11-8-10(17)4-5-12(11)18/h4-8,13H,1-3H3/t13-/m0/s1. The maximum absolute atomic E-state index is 14.0. The lowest BCUT2D eigenvalue weighted by molar-refractivity contribution is -0.146. The fourth-order valence-corrected chi connectivity index (χ4v) is 2.20. The Labute approximate surface area is 131 Å². The Balaban J connectivity index is 2.47. The first-order valence-electron chi connectivity index (χ1n) is 6.70. The fourth-order valence-electron chi connectivity index (χ4n) is 2.20. The van der Waals surface area contributed by atoms with E-state index in [0.717, 1.165) is 30.2 Å². The molecule has 1 aromatic heterocycles. The molecular formula is C16H15F2NO4. The van der Waals surface area contributed by atoms with E-state index in [1.807, 2.05) is 0 Å². The van der Waals surface area contributed by atoms with E-state index in [0.29, 0.717) is 5.56 Å². The van der Waals surface area contributed by atoms with Crippen LogP contribution in [0.4, 0.5) is 8.78 Å². The van der Waals surface area contributed by atoms with Crippen molar-refractivity contribution in [1.82, 2.24) is 4.90 Å². The average Bonchev–Trinajstić information content (AvgIpc) is 2.95. The third-order valence-electron chi connectivity index (χ3n) is 3.44. The smallest absolute Gasteiger partial charge is 0.333 e. The number of carbonyl (C=O) groups excluding carboxylic acids is 2. The van der Waals surface area contributed by atoms with Crippen LogP contribution >= 0.6 is 0 Å². The van der Waals surface area contributed by atoms with Crippen molar-refractivity contribution in [3.8, 4) is 0 Å². The summed E-state index contributed by atoms with van der Waals surface area (Å²) in [7, 11) is 2.39. The van der Waals surface area contributed by atoms with E-state index in [-0.39, 0.29) is 11.3 Å². The minimum Gasteiger partial charge on any atom is -0.467 e. The van der Waals surface area contributed by atoms with E-state index < -0.39 is 29.6 Å². The number of likely N-dealkylation sites (N-methyl/N-ethyl adjacent to an activating group) is 1. The summed E-state index contributed by atoms with van der Waals surface area (Å²) < 4.78 is 37.2. The molecule has 7 heteroatoms. The van der Waals surface area contributed by atoms with E-state index in [9.17, 15) is 18.4 Å². The molecule has 0 spiro atoms. The first-order chi connectivity index (χ1) is 10.9. The van der Waals surface area contributed by atoms with Crippen molar-refractivity contribution in [2.24, 2.45) is 0 Å². The topological polar surface area (TPSA) is 59.8 Å². The van der Waals surface area contributed by atoms with Gasteiger partial charge in [0.15, 0.2) is 11.8 Å². The lowest BCUT2D eigenvalue weighted by atomic mass is 10.0. The Hall–Kier alpha value is -2.70. The number of amides is 1. The Morgan fingerprint density at radius 3 is 2.52 bits per heavy atom. The summed E-state index contributed by atoms with van der Waals surface area (Å²) in [6.45, 7) is 1.65. The highest BCUT2D eigenvalue weighted by Crippen LogP contribution is 2.27. The SMILES string of the molecule is COC(=O)[C@H](c1cc(F)ccc1F)N(C)C(=O)c1occc1C. The largest absolute Gasteiger partial charge is 0.467 e. The molecule has 23 heavy (non-hydrogen) atoms. The maximum atomic E-state index is 14.0. The molecule has 122 valence electrons. The number of furan rings is 1. The Morgan fingerprint density at radius 1 is 1.26 bits per heavy atom. The number of hydrogen-bond acceptors (Lipinski definition) is 4. The van der Waals surface area contributed by atoms with Gasteiger partial charge in [-0.3, -0.25) is 4.79 Å². The summed E-state index contributed by atoms with van der Waals surface area (Å²) in [4.78, 5) is 25.5. The minimum atomic E-state index is -1.44. The quantitative estimate of drug-likeness (QED) is 0.812. The van der Waals surface area contributed by atoms with Crippen LogP contribution in [0.3, 0.4) is 0 Å². The summed E-state index contributed by atoms with van der Waals surface area (Å²) in [6, 6.07) is 2.81. The molecule has 1 heterocycles. The molecule has 1 amide bonds. The summed E-state index contributed by atoms with van der Waals surface area (Å²) >= 11 is 0. The number of esters is 1. The number of hydrogen-bond donors (Lipinski definition) is 0. The van der Waals surface area contributed by atoms with Gasteiger partial charge in [-0.2, -0.15) is 0 Å². The average molecular weight is 323 g/mol. The van der Waals surface area contributed by atoms with Gasteiger partial charge in [0.05, 0.1) is 13.4 Å². The highest BCUT2D eigenvalue weighted by Gasteiger charge is 2.34. The number of rotatable bonds is 4. The van der Waals surface area contributed by atoms with Gasteiger partial charge in [-0.15, -0.1) is 0 Å². The molecule has 0 bridgehead atoms. The van der Waals surface area contributed by atoms with Gasteiger partial charge >= 0.3 is 5.97 Å². The fraction of sp³-hybridized carbons (Fsp3) is 0.250. The van der Waals surface area contributed by atoms with Crippen LogP contribution < -0.4 is 0 Å². The Kier molecular flexibility index (Phi) is 4.78. The van der Waals surface area contributed by atoms with Gasteiger partial charge in [-0.05, 0) is 31.2 Å².